The molecule has 0 fully saturated rings. The molecule has 0 radical (unpaired) electrons. The van der Waals surface area contributed by atoms with Crippen LogP contribution in [0.3, 0.4) is 0 Å². The maximum Gasteiger partial charge on any atom is 0.280 e. The lowest BCUT2D eigenvalue weighted by Crippen LogP contribution is -2.19. The highest BCUT2D eigenvalue weighted by Gasteiger charge is 2.19. The van der Waals surface area contributed by atoms with Crippen molar-refractivity contribution in [3.8, 4) is 22.8 Å². The Hall–Kier alpha value is -3.33. The van der Waals surface area contributed by atoms with Crippen molar-refractivity contribution in [2.45, 2.75) is 11.8 Å². The number of nitrogens with one attached hydrogen (secondary N) is 2. The number of H-pyrrole nitrogens is 1. The lowest BCUT2D eigenvalue weighted by atomic mass is 10.1. The minimum Gasteiger partial charge on any atom is -0.497 e. The molecule has 0 unspecified atom stereocenters. The topological polar surface area (TPSA) is 106 Å². The summed E-state index contributed by atoms with van der Waals surface area (Å²) >= 11 is 0. The molecule has 0 aliphatic rings. The lowest BCUT2D eigenvalue weighted by molar-refractivity contribution is 0.386. The number of rotatable bonds is 7. The van der Waals surface area contributed by atoms with Gasteiger partial charge in [0.05, 0.1) is 32.3 Å². The summed E-state index contributed by atoms with van der Waals surface area (Å²) in [6.07, 6.45) is 2.97. The van der Waals surface area contributed by atoms with Gasteiger partial charge in [0.1, 0.15) is 16.4 Å². The Bertz CT molecular complexity index is 1090. The van der Waals surface area contributed by atoms with E-state index >= 15 is 0 Å². The Morgan fingerprint density at radius 2 is 1.86 bits per heavy atom. The van der Waals surface area contributed by atoms with Crippen LogP contribution in [0, 0.1) is 6.92 Å². The van der Waals surface area contributed by atoms with Crippen LogP contribution in [0.15, 0.2) is 58.7 Å². The number of ether oxygens (including phenoxy) is 2. The van der Waals surface area contributed by atoms with Crippen LogP contribution in [0.2, 0.25) is 0 Å². The molecule has 0 bridgehead atoms. The van der Waals surface area contributed by atoms with Gasteiger partial charge in [0.15, 0.2) is 0 Å². The van der Waals surface area contributed by atoms with E-state index in [9.17, 15) is 8.42 Å². The number of sulfonamides is 1. The van der Waals surface area contributed by atoms with Crippen LogP contribution in [0.1, 0.15) is 11.1 Å². The zero-order valence-corrected chi connectivity index (χ0v) is 16.4. The summed E-state index contributed by atoms with van der Waals surface area (Å²) in [7, 11) is -1.05. The van der Waals surface area contributed by atoms with Crippen LogP contribution in [0.4, 0.5) is 0 Å². The van der Waals surface area contributed by atoms with Crippen molar-refractivity contribution in [1.29, 1.82) is 0 Å². The second-order valence-electron chi connectivity index (χ2n) is 5.94. The van der Waals surface area contributed by atoms with Crippen molar-refractivity contribution >= 4 is 16.2 Å². The number of aromatic amines is 1. The minimum absolute atomic E-state index is 0.0427. The number of methoxy groups -OCH3 is 2. The second-order valence-corrected chi connectivity index (χ2v) is 7.57. The zero-order valence-electron chi connectivity index (χ0n) is 15.6. The number of benzene rings is 2. The molecular formula is C19H20N4O4S. The lowest BCUT2D eigenvalue weighted by Gasteiger charge is -2.10. The van der Waals surface area contributed by atoms with E-state index in [0.717, 1.165) is 16.8 Å². The van der Waals surface area contributed by atoms with E-state index in [1.807, 2.05) is 31.2 Å². The first kappa shape index (κ1) is 19.4. The molecule has 3 rings (SSSR count). The number of hydrazone groups is 1. The molecule has 0 atom stereocenters. The van der Waals surface area contributed by atoms with Gasteiger partial charge in [-0.3, -0.25) is 5.10 Å². The first-order chi connectivity index (χ1) is 13.4. The molecule has 146 valence electrons. The maximum absolute atomic E-state index is 12.6. The average molecular weight is 400 g/mol. The zero-order chi connectivity index (χ0) is 20.1. The monoisotopic (exact) mass is 400 g/mol. The van der Waals surface area contributed by atoms with E-state index in [1.54, 1.807) is 6.20 Å². The van der Waals surface area contributed by atoms with Crippen molar-refractivity contribution < 1.29 is 17.9 Å². The molecule has 8 nitrogen and oxygen atoms in total. The van der Waals surface area contributed by atoms with Gasteiger partial charge < -0.3 is 9.47 Å². The number of aryl methyl sites for hydroxylation is 1. The first-order valence-electron chi connectivity index (χ1n) is 8.32. The third kappa shape index (κ3) is 4.15. The molecule has 0 saturated heterocycles. The normalized spacial score (nSPS) is 11.5. The van der Waals surface area contributed by atoms with E-state index in [0.29, 0.717) is 11.3 Å². The smallest absolute Gasteiger partial charge is 0.280 e. The maximum atomic E-state index is 12.6. The standard InChI is InChI=1S/C19H20N4O4S/c1-13-4-6-14(7-5-13)19-15(11-20-22-19)12-21-23-28(24,25)18-9-8-16(26-2)10-17(18)27-3/h4-12,23H,1-3H3,(H,20,22)/b21-12-. The molecule has 0 spiro atoms. The molecule has 0 amide bonds. The van der Waals surface area contributed by atoms with Gasteiger partial charge in [-0.15, -0.1) is 0 Å². The predicted octanol–water partition coefficient (Wildman–Crippen LogP) is 2.71. The minimum atomic E-state index is -3.92. The molecular weight excluding hydrogens is 380 g/mol. The van der Waals surface area contributed by atoms with E-state index in [-0.39, 0.29) is 10.6 Å². The van der Waals surface area contributed by atoms with Gasteiger partial charge in [-0.25, -0.2) is 0 Å². The number of hydrogen-bond donors (Lipinski definition) is 2. The Morgan fingerprint density at radius 1 is 1.11 bits per heavy atom. The molecule has 2 aromatic carbocycles. The Kier molecular flexibility index (Phi) is 5.65. The average Bonchev–Trinajstić information content (AvgIpc) is 3.16. The van der Waals surface area contributed by atoms with Gasteiger partial charge in [0.2, 0.25) is 0 Å². The number of nitrogens with zero attached hydrogens (tertiary/aromatic N) is 2. The SMILES string of the molecule is COc1ccc(S(=O)(=O)N/N=C\c2cn[nH]c2-c2ccc(C)cc2)c(OC)c1. The summed E-state index contributed by atoms with van der Waals surface area (Å²) in [5.74, 6) is 0.645. The highest BCUT2D eigenvalue weighted by molar-refractivity contribution is 7.89. The summed E-state index contributed by atoms with van der Waals surface area (Å²) in [4.78, 5) is 2.15. The fourth-order valence-corrected chi connectivity index (χ4v) is 3.50. The Morgan fingerprint density at radius 3 is 2.54 bits per heavy atom. The largest absolute Gasteiger partial charge is 0.497 e. The van der Waals surface area contributed by atoms with Gasteiger partial charge in [0, 0.05) is 17.2 Å². The summed E-state index contributed by atoms with van der Waals surface area (Å²) < 4.78 is 35.4. The van der Waals surface area contributed by atoms with Gasteiger partial charge in [-0.2, -0.15) is 23.4 Å². The summed E-state index contributed by atoms with van der Waals surface area (Å²) in [5.41, 5.74) is 3.45. The number of hydrogen-bond acceptors (Lipinski definition) is 6. The Balaban J connectivity index is 1.82. The second kappa shape index (κ2) is 8.13. The van der Waals surface area contributed by atoms with E-state index < -0.39 is 10.0 Å². The number of aromatic nitrogens is 2. The van der Waals surface area contributed by atoms with E-state index in [2.05, 4.69) is 20.1 Å². The van der Waals surface area contributed by atoms with Crippen LogP contribution in [0.25, 0.3) is 11.3 Å². The Labute approximate surface area is 163 Å². The summed E-state index contributed by atoms with van der Waals surface area (Å²) in [5, 5.41) is 10.8. The van der Waals surface area contributed by atoms with Crippen molar-refractivity contribution in [3.63, 3.8) is 0 Å². The van der Waals surface area contributed by atoms with Crippen molar-refractivity contribution in [2.75, 3.05) is 14.2 Å². The molecule has 2 N–H and O–H groups in total. The quantitative estimate of drug-likeness (QED) is 0.469. The highest BCUT2D eigenvalue weighted by Crippen LogP contribution is 2.28. The first-order valence-corrected chi connectivity index (χ1v) is 9.80. The highest BCUT2D eigenvalue weighted by atomic mass is 32.2. The molecule has 0 saturated carbocycles. The van der Waals surface area contributed by atoms with E-state index in [4.69, 9.17) is 9.47 Å². The van der Waals surface area contributed by atoms with Crippen LogP contribution < -0.4 is 14.3 Å². The van der Waals surface area contributed by atoms with Crippen LogP contribution >= 0.6 is 0 Å². The molecule has 28 heavy (non-hydrogen) atoms. The molecule has 0 aliphatic carbocycles. The van der Waals surface area contributed by atoms with E-state index in [1.165, 1.54) is 38.6 Å². The van der Waals surface area contributed by atoms with Gasteiger partial charge >= 0.3 is 0 Å². The van der Waals surface area contributed by atoms with Crippen molar-refractivity contribution in [2.24, 2.45) is 5.10 Å². The van der Waals surface area contributed by atoms with Crippen LogP contribution in [-0.4, -0.2) is 39.0 Å². The third-order valence-corrected chi connectivity index (χ3v) is 5.31. The molecule has 3 aromatic rings. The molecule has 1 heterocycles. The fraction of sp³-hybridized carbons (Fsp3) is 0.158. The van der Waals surface area contributed by atoms with Gasteiger partial charge in [0.25, 0.3) is 10.0 Å². The van der Waals surface area contributed by atoms with Crippen LogP contribution in [-0.2, 0) is 10.0 Å². The fourth-order valence-electron chi connectivity index (χ4n) is 2.56. The van der Waals surface area contributed by atoms with Crippen LogP contribution in [0.5, 0.6) is 11.5 Å². The molecule has 0 aliphatic heterocycles. The predicted molar refractivity (Wildman–Crippen MR) is 106 cm³/mol. The van der Waals surface area contributed by atoms with Gasteiger partial charge in [-0.05, 0) is 19.1 Å². The molecule has 9 heteroatoms. The van der Waals surface area contributed by atoms with Crippen molar-refractivity contribution in [3.05, 3.63) is 59.8 Å². The van der Waals surface area contributed by atoms with Gasteiger partial charge in [-0.1, -0.05) is 29.8 Å². The summed E-state index contributed by atoms with van der Waals surface area (Å²) in [6, 6.07) is 12.3. The molecule has 1 aromatic heterocycles. The van der Waals surface area contributed by atoms with Crippen molar-refractivity contribution in [1.82, 2.24) is 15.0 Å². The summed E-state index contributed by atoms with van der Waals surface area (Å²) in [6.45, 7) is 2.00. The third-order valence-electron chi connectivity index (χ3n) is 4.05.